The molecule has 0 rings (SSSR count). The first-order valence-corrected chi connectivity index (χ1v) is 7.08. The fraction of sp³-hybridized carbons (Fsp3) is 0.800. The molecule has 0 saturated carbocycles. The summed E-state index contributed by atoms with van der Waals surface area (Å²) in [5.74, 6) is 0. The maximum absolute atomic E-state index is 9.42. The standard InChI is InChI=1S/C15H31N3O2/c1-8-11-18(6)15(4,5)16-10-9-13(17-20-7)14(2,3)12-19/h9-10,17,19H,8,11-12H2,1-7H3. The van der Waals surface area contributed by atoms with Gasteiger partial charge in [-0.3, -0.25) is 20.2 Å². The van der Waals surface area contributed by atoms with Gasteiger partial charge in [-0.05, 0) is 39.9 Å². The third kappa shape index (κ3) is 6.03. The van der Waals surface area contributed by atoms with Crippen LogP contribution in [0.2, 0.25) is 0 Å². The minimum absolute atomic E-state index is 0.0299. The summed E-state index contributed by atoms with van der Waals surface area (Å²) in [6.45, 7) is 11.2. The van der Waals surface area contributed by atoms with Gasteiger partial charge in [0, 0.05) is 17.3 Å². The van der Waals surface area contributed by atoms with E-state index in [4.69, 9.17) is 4.84 Å². The molecule has 0 aromatic rings. The molecule has 0 aromatic carbocycles. The average Bonchev–Trinajstić information content (AvgIpc) is 2.37. The van der Waals surface area contributed by atoms with Crippen LogP contribution in [0.5, 0.6) is 0 Å². The highest BCUT2D eigenvalue weighted by Crippen LogP contribution is 2.23. The van der Waals surface area contributed by atoms with E-state index in [1.807, 2.05) is 19.9 Å². The largest absolute Gasteiger partial charge is 0.395 e. The Hall–Kier alpha value is -0.910. The lowest BCUT2D eigenvalue weighted by Gasteiger charge is -2.31. The molecule has 20 heavy (non-hydrogen) atoms. The number of nitrogens with one attached hydrogen (secondary N) is 1. The second-order valence-corrected chi connectivity index (χ2v) is 6.12. The fourth-order valence-corrected chi connectivity index (χ4v) is 1.59. The Balaban J connectivity index is 4.97. The predicted octanol–water partition coefficient (Wildman–Crippen LogP) is 2.19. The molecule has 0 unspecified atom stereocenters. The molecule has 0 aromatic heterocycles. The zero-order valence-corrected chi connectivity index (χ0v) is 14.0. The first-order chi connectivity index (χ1) is 9.21. The van der Waals surface area contributed by atoms with E-state index in [0.29, 0.717) is 0 Å². The zero-order valence-electron chi connectivity index (χ0n) is 14.0. The minimum Gasteiger partial charge on any atom is -0.395 e. The Bertz CT molecular complexity index is 336. The third-order valence-corrected chi connectivity index (χ3v) is 3.46. The molecule has 0 bridgehead atoms. The minimum atomic E-state index is -0.401. The molecule has 2 N–H and O–H groups in total. The predicted molar refractivity (Wildman–Crippen MR) is 84.6 cm³/mol. The lowest BCUT2D eigenvalue weighted by atomic mass is 9.90. The van der Waals surface area contributed by atoms with Crippen molar-refractivity contribution >= 4 is 6.21 Å². The van der Waals surface area contributed by atoms with E-state index in [-0.39, 0.29) is 12.3 Å². The molecule has 0 fully saturated rings. The van der Waals surface area contributed by atoms with Gasteiger partial charge in [0.2, 0.25) is 0 Å². The third-order valence-electron chi connectivity index (χ3n) is 3.46. The van der Waals surface area contributed by atoms with Crippen molar-refractivity contribution in [2.45, 2.75) is 46.7 Å². The van der Waals surface area contributed by atoms with Crippen molar-refractivity contribution in [3.63, 3.8) is 0 Å². The number of hydrogen-bond donors (Lipinski definition) is 2. The molecule has 0 aliphatic rings. The van der Waals surface area contributed by atoms with E-state index in [9.17, 15) is 5.11 Å². The highest BCUT2D eigenvalue weighted by Gasteiger charge is 2.23. The lowest BCUT2D eigenvalue weighted by molar-refractivity contribution is 0.0815. The van der Waals surface area contributed by atoms with Gasteiger partial charge in [0.1, 0.15) is 5.66 Å². The number of hydrogen-bond acceptors (Lipinski definition) is 5. The van der Waals surface area contributed by atoms with Crippen molar-refractivity contribution in [3.8, 4) is 0 Å². The zero-order chi connectivity index (χ0) is 15.8. The first-order valence-electron chi connectivity index (χ1n) is 7.08. The summed E-state index contributed by atoms with van der Waals surface area (Å²) in [4.78, 5) is 11.8. The van der Waals surface area contributed by atoms with Gasteiger partial charge in [-0.15, -0.1) is 0 Å². The summed E-state index contributed by atoms with van der Waals surface area (Å²) < 4.78 is 0. The van der Waals surface area contributed by atoms with Crippen LogP contribution in [0.25, 0.3) is 0 Å². The van der Waals surface area contributed by atoms with Gasteiger partial charge in [0.15, 0.2) is 0 Å². The Morgan fingerprint density at radius 3 is 2.40 bits per heavy atom. The monoisotopic (exact) mass is 285 g/mol. The molecule has 0 saturated heterocycles. The van der Waals surface area contributed by atoms with Crippen molar-refractivity contribution in [1.82, 2.24) is 10.4 Å². The maximum Gasteiger partial charge on any atom is 0.107 e. The van der Waals surface area contributed by atoms with Gasteiger partial charge >= 0.3 is 0 Å². The lowest BCUT2D eigenvalue weighted by Crippen LogP contribution is -2.39. The van der Waals surface area contributed by atoms with E-state index in [1.165, 1.54) is 0 Å². The Morgan fingerprint density at radius 2 is 1.95 bits per heavy atom. The van der Waals surface area contributed by atoms with Gasteiger partial charge in [0.05, 0.1) is 13.7 Å². The van der Waals surface area contributed by atoms with Crippen LogP contribution in [0.3, 0.4) is 0 Å². The van der Waals surface area contributed by atoms with Gasteiger partial charge in [-0.1, -0.05) is 20.8 Å². The Morgan fingerprint density at radius 1 is 1.35 bits per heavy atom. The second-order valence-electron chi connectivity index (χ2n) is 6.12. The van der Waals surface area contributed by atoms with Gasteiger partial charge in [-0.25, -0.2) is 0 Å². The van der Waals surface area contributed by atoms with Crippen LogP contribution in [-0.2, 0) is 4.84 Å². The molecule has 0 atom stereocenters. The van der Waals surface area contributed by atoms with E-state index >= 15 is 0 Å². The molecule has 118 valence electrons. The van der Waals surface area contributed by atoms with Crippen molar-refractivity contribution in [2.75, 3.05) is 27.3 Å². The topological polar surface area (TPSA) is 57.1 Å². The first kappa shape index (κ1) is 19.1. The average molecular weight is 285 g/mol. The second kappa shape index (κ2) is 8.39. The van der Waals surface area contributed by atoms with E-state index < -0.39 is 5.41 Å². The number of nitrogens with zero attached hydrogens (tertiary/aromatic N) is 2. The summed E-state index contributed by atoms with van der Waals surface area (Å²) >= 11 is 0. The van der Waals surface area contributed by atoms with Crippen LogP contribution in [-0.4, -0.2) is 49.2 Å². The van der Waals surface area contributed by atoms with Crippen molar-refractivity contribution in [1.29, 1.82) is 0 Å². The van der Waals surface area contributed by atoms with Crippen LogP contribution in [0.4, 0.5) is 0 Å². The molecule has 0 heterocycles. The molecule has 5 heteroatoms. The SMILES string of the molecule is CCCN(C)C(C)(C)N=CC=C(NOC)C(C)(C)CO. The van der Waals surface area contributed by atoms with E-state index in [0.717, 1.165) is 18.7 Å². The molecule has 0 radical (unpaired) electrons. The maximum atomic E-state index is 9.42. The molecule has 5 nitrogen and oxygen atoms in total. The fourth-order valence-electron chi connectivity index (χ4n) is 1.59. The number of hydroxylamine groups is 1. The van der Waals surface area contributed by atoms with E-state index in [2.05, 4.69) is 43.2 Å². The van der Waals surface area contributed by atoms with Crippen LogP contribution in [0, 0.1) is 5.41 Å². The smallest absolute Gasteiger partial charge is 0.107 e. The normalized spacial score (nSPS) is 14.3. The van der Waals surface area contributed by atoms with Gasteiger partial charge in [0.25, 0.3) is 0 Å². The number of aliphatic imine (C=N–C) groups is 1. The number of aliphatic hydroxyl groups is 1. The van der Waals surface area contributed by atoms with Crippen LogP contribution in [0.1, 0.15) is 41.0 Å². The summed E-state index contributed by atoms with van der Waals surface area (Å²) in [5.41, 5.74) is 2.95. The molecule has 0 spiro atoms. The quantitative estimate of drug-likeness (QED) is 0.504. The number of rotatable bonds is 9. The summed E-state index contributed by atoms with van der Waals surface area (Å²) in [6.07, 6.45) is 4.71. The van der Waals surface area contributed by atoms with Gasteiger partial charge in [-0.2, -0.15) is 0 Å². The Labute approximate surface area is 123 Å². The number of allylic oxidation sites excluding steroid dienone is 1. The van der Waals surface area contributed by atoms with Gasteiger partial charge < -0.3 is 5.11 Å². The highest BCUT2D eigenvalue weighted by molar-refractivity contribution is 5.72. The number of aliphatic hydroxyl groups excluding tert-OH is 1. The summed E-state index contributed by atoms with van der Waals surface area (Å²) in [5, 5.41) is 9.42. The summed E-state index contributed by atoms with van der Waals surface area (Å²) in [6, 6.07) is 0. The van der Waals surface area contributed by atoms with E-state index in [1.54, 1.807) is 13.3 Å². The van der Waals surface area contributed by atoms with Crippen LogP contribution >= 0.6 is 0 Å². The van der Waals surface area contributed by atoms with Crippen molar-refractivity contribution in [2.24, 2.45) is 10.4 Å². The van der Waals surface area contributed by atoms with Crippen LogP contribution < -0.4 is 5.48 Å². The molecular weight excluding hydrogens is 254 g/mol. The molecule has 0 amide bonds. The van der Waals surface area contributed by atoms with Crippen molar-refractivity contribution < 1.29 is 9.94 Å². The Kier molecular flexibility index (Phi) is 8.01. The summed E-state index contributed by atoms with van der Waals surface area (Å²) in [7, 11) is 3.62. The highest BCUT2D eigenvalue weighted by atomic mass is 16.6. The molecular formula is C15H31N3O2. The van der Waals surface area contributed by atoms with Crippen molar-refractivity contribution in [3.05, 3.63) is 11.8 Å². The van der Waals surface area contributed by atoms with Crippen LogP contribution in [0.15, 0.2) is 16.8 Å². The molecule has 0 aliphatic heterocycles. The molecule has 0 aliphatic carbocycles.